The highest BCUT2D eigenvalue weighted by Gasteiger charge is 2.28. The first-order valence-electron chi connectivity index (χ1n) is 5.87. The molecule has 0 radical (unpaired) electrons. The normalized spacial score (nSPS) is 17.9. The molecule has 0 aliphatic carbocycles. The van der Waals surface area contributed by atoms with Gasteiger partial charge in [-0.2, -0.15) is 4.31 Å². The number of anilines is 1. The molecule has 0 bridgehead atoms. The molecule has 1 aliphatic heterocycles. The highest BCUT2D eigenvalue weighted by atomic mass is 32.2. The summed E-state index contributed by atoms with van der Waals surface area (Å²) in [6.45, 7) is 5.36. The SMILES string of the molecule is Cc1cc(N)cc(S(=O)(=O)N2CCOCC2)c1C. The van der Waals surface area contributed by atoms with Crippen molar-refractivity contribution < 1.29 is 13.2 Å². The van der Waals surface area contributed by atoms with Crippen LogP contribution in [0, 0.1) is 13.8 Å². The van der Waals surface area contributed by atoms with Crippen molar-refractivity contribution in [1.82, 2.24) is 4.31 Å². The van der Waals surface area contributed by atoms with Crippen molar-refractivity contribution in [2.24, 2.45) is 0 Å². The summed E-state index contributed by atoms with van der Waals surface area (Å²) in [6, 6.07) is 3.32. The molecule has 0 spiro atoms. The van der Waals surface area contributed by atoms with Crippen LogP contribution >= 0.6 is 0 Å². The predicted octanol–water partition coefficient (Wildman–Crippen LogP) is 0.907. The minimum absolute atomic E-state index is 0.307. The maximum atomic E-state index is 12.5. The zero-order valence-corrected chi connectivity index (χ0v) is 11.5. The molecule has 6 heteroatoms. The van der Waals surface area contributed by atoms with Crippen molar-refractivity contribution in [1.29, 1.82) is 0 Å². The quantitative estimate of drug-likeness (QED) is 0.811. The lowest BCUT2D eigenvalue weighted by molar-refractivity contribution is 0.0730. The van der Waals surface area contributed by atoms with Crippen LogP contribution in [0.4, 0.5) is 5.69 Å². The van der Waals surface area contributed by atoms with Crippen LogP contribution in [0.3, 0.4) is 0 Å². The molecule has 0 saturated carbocycles. The van der Waals surface area contributed by atoms with E-state index < -0.39 is 10.0 Å². The number of rotatable bonds is 2. The zero-order valence-electron chi connectivity index (χ0n) is 10.6. The standard InChI is InChI=1S/C12H18N2O3S/c1-9-7-11(13)8-12(10(9)2)18(15,16)14-3-5-17-6-4-14/h7-8H,3-6,13H2,1-2H3. The van der Waals surface area contributed by atoms with Crippen molar-refractivity contribution >= 4 is 15.7 Å². The first-order valence-corrected chi connectivity index (χ1v) is 7.31. The molecule has 0 unspecified atom stereocenters. The van der Waals surface area contributed by atoms with E-state index in [1.807, 2.05) is 13.8 Å². The number of benzene rings is 1. The van der Waals surface area contributed by atoms with Crippen LogP contribution in [-0.4, -0.2) is 39.0 Å². The second kappa shape index (κ2) is 4.87. The molecule has 2 N–H and O–H groups in total. The minimum atomic E-state index is -3.46. The third-order valence-corrected chi connectivity index (χ3v) is 5.25. The van der Waals surface area contributed by atoms with E-state index in [0.29, 0.717) is 36.9 Å². The average Bonchev–Trinajstić information content (AvgIpc) is 2.34. The maximum absolute atomic E-state index is 12.5. The Morgan fingerprint density at radius 2 is 1.83 bits per heavy atom. The number of nitrogens with two attached hydrogens (primary N) is 1. The maximum Gasteiger partial charge on any atom is 0.243 e. The van der Waals surface area contributed by atoms with E-state index in [1.54, 1.807) is 6.07 Å². The first kappa shape index (κ1) is 13.3. The van der Waals surface area contributed by atoms with Gasteiger partial charge in [-0.05, 0) is 37.1 Å². The number of morpholine rings is 1. The van der Waals surface area contributed by atoms with Gasteiger partial charge in [-0.15, -0.1) is 0 Å². The third-order valence-electron chi connectivity index (χ3n) is 3.23. The van der Waals surface area contributed by atoms with Gasteiger partial charge in [-0.1, -0.05) is 0 Å². The number of hydrogen-bond acceptors (Lipinski definition) is 4. The fraction of sp³-hybridized carbons (Fsp3) is 0.500. The number of nitrogens with zero attached hydrogens (tertiary/aromatic N) is 1. The summed E-state index contributed by atoms with van der Waals surface area (Å²) >= 11 is 0. The molecule has 0 amide bonds. The fourth-order valence-corrected chi connectivity index (χ4v) is 3.79. The molecule has 100 valence electrons. The number of sulfonamides is 1. The lowest BCUT2D eigenvalue weighted by Gasteiger charge is -2.27. The Labute approximate surface area is 108 Å². The summed E-state index contributed by atoms with van der Waals surface area (Å²) in [5.41, 5.74) is 7.87. The van der Waals surface area contributed by atoms with Crippen LogP contribution in [0.5, 0.6) is 0 Å². The Kier molecular flexibility index (Phi) is 3.61. The van der Waals surface area contributed by atoms with Crippen molar-refractivity contribution in [3.05, 3.63) is 23.3 Å². The van der Waals surface area contributed by atoms with Crippen LogP contribution in [-0.2, 0) is 14.8 Å². The third kappa shape index (κ3) is 2.36. The molecule has 1 aromatic carbocycles. The van der Waals surface area contributed by atoms with Crippen LogP contribution in [0.15, 0.2) is 17.0 Å². The van der Waals surface area contributed by atoms with Gasteiger partial charge in [0.2, 0.25) is 10.0 Å². The van der Waals surface area contributed by atoms with Gasteiger partial charge < -0.3 is 10.5 Å². The topological polar surface area (TPSA) is 72.6 Å². The van der Waals surface area contributed by atoms with Gasteiger partial charge in [-0.3, -0.25) is 0 Å². The summed E-state index contributed by atoms with van der Waals surface area (Å²) < 4.78 is 31.7. The van der Waals surface area contributed by atoms with Gasteiger partial charge in [0, 0.05) is 18.8 Å². The minimum Gasteiger partial charge on any atom is -0.399 e. The molecule has 1 fully saturated rings. The molecule has 0 atom stereocenters. The monoisotopic (exact) mass is 270 g/mol. The van der Waals surface area contributed by atoms with Crippen molar-refractivity contribution in [2.45, 2.75) is 18.7 Å². The zero-order chi connectivity index (χ0) is 13.3. The number of ether oxygens (including phenoxy) is 1. The van der Waals surface area contributed by atoms with E-state index in [9.17, 15) is 8.42 Å². The largest absolute Gasteiger partial charge is 0.399 e. The molecule has 1 heterocycles. The molecular weight excluding hydrogens is 252 g/mol. The summed E-state index contributed by atoms with van der Waals surface area (Å²) in [6.07, 6.45) is 0. The lowest BCUT2D eigenvalue weighted by Crippen LogP contribution is -2.40. The predicted molar refractivity (Wildman–Crippen MR) is 69.9 cm³/mol. The molecular formula is C12H18N2O3S. The summed E-state index contributed by atoms with van der Waals surface area (Å²) in [5.74, 6) is 0. The van der Waals surface area contributed by atoms with E-state index >= 15 is 0 Å². The van der Waals surface area contributed by atoms with Crippen molar-refractivity contribution in [2.75, 3.05) is 32.0 Å². The Bertz CT molecular complexity index is 549. The van der Waals surface area contributed by atoms with Crippen LogP contribution in [0.25, 0.3) is 0 Å². The second-order valence-electron chi connectivity index (χ2n) is 4.48. The second-order valence-corrected chi connectivity index (χ2v) is 6.38. The van der Waals surface area contributed by atoms with E-state index in [0.717, 1.165) is 11.1 Å². The number of nitrogen functional groups attached to an aromatic ring is 1. The molecule has 18 heavy (non-hydrogen) atoms. The number of aryl methyl sites for hydroxylation is 1. The summed E-state index contributed by atoms with van der Waals surface area (Å²) in [5, 5.41) is 0. The van der Waals surface area contributed by atoms with Gasteiger partial charge in [0.15, 0.2) is 0 Å². The van der Waals surface area contributed by atoms with Gasteiger partial charge in [0.25, 0.3) is 0 Å². The molecule has 0 aromatic heterocycles. The van der Waals surface area contributed by atoms with Crippen LogP contribution < -0.4 is 5.73 Å². The van der Waals surface area contributed by atoms with E-state index in [1.165, 1.54) is 10.4 Å². The van der Waals surface area contributed by atoms with Crippen LogP contribution in [0.1, 0.15) is 11.1 Å². The van der Waals surface area contributed by atoms with E-state index in [4.69, 9.17) is 10.5 Å². The fourth-order valence-electron chi connectivity index (χ4n) is 2.05. The highest BCUT2D eigenvalue weighted by Crippen LogP contribution is 2.25. The van der Waals surface area contributed by atoms with Gasteiger partial charge in [0.05, 0.1) is 18.1 Å². The van der Waals surface area contributed by atoms with Crippen molar-refractivity contribution in [3.8, 4) is 0 Å². The van der Waals surface area contributed by atoms with Gasteiger partial charge in [0.1, 0.15) is 0 Å². The molecule has 1 aromatic rings. The number of hydrogen-bond donors (Lipinski definition) is 1. The van der Waals surface area contributed by atoms with E-state index in [-0.39, 0.29) is 0 Å². The smallest absolute Gasteiger partial charge is 0.243 e. The Hall–Kier alpha value is -1.11. The highest BCUT2D eigenvalue weighted by molar-refractivity contribution is 7.89. The summed E-state index contributed by atoms with van der Waals surface area (Å²) in [7, 11) is -3.46. The van der Waals surface area contributed by atoms with Gasteiger partial charge >= 0.3 is 0 Å². The van der Waals surface area contributed by atoms with Crippen LogP contribution in [0.2, 0.25) is 0 Å². The Morgan fingerprint density at radius 3 is 2.44 bits per heavy atom. The van der Waals surface area contributed by atoms with Gasteiger partial charge in [-0.25, -0.2) is 8.42 Å². The molecule has 5 nitrogen and oxygen atoms in total. The summed E-state index contributed by atoms with van der Waals surface area (Å²) in [4.78, 5) is 0.307. The van der Waals surface area contributed by atoms with Crippen molar-refractivity contribution in [3.63, 3.8) is 0 Å². The Morgan fingerprint density at radius 1 is 1.22 bits per heavy atom. The molecule has 2 rings (SSSR count). The molecule has 1 saturated heterocycles. The average molecular weight is 270 g/mol. The molecule has 1 aliphatic rings. The lowest BCUT2D eigenvalue weighted by atomic mass is 10.1. The van der Waals surface area contributed by atoms with E-state index in [2.05, 4.69) is 0 Å². The first-order chi connectivity index (χ1) is 8.43. The Balaban J connectivity index is 2.46.